The average Bonchev–Trinajstić information content (AvgIpc) is 1.58. The van der Waals surface area contributed by atoms with Crippen molar-refractivity contribution in [1.82, 2.24) is 5.32 Å². The van der Waals surface area contributed by atoms with Crippen LogP contribution >= 0.6 is 0 Å². The van der Waals surface area contributed by atoms with Gasteiger partial charge in [-0.1, -0.05) is 411 Å². The van der Waals surface area contributed by atoms with Gasteiger partial charge in [-0.2, -0.15) is 0 Å². The van der Waals surface area contributed by atoms with Gasteiger partial charge in [0.2, 0.25) is 5.91 Å². The van der Waals surface area contributed by atoms with E-state index in [1.165, 1.54) is 366 Å². The van der Waals surface area contributed by atoms with E-state index in [1.54, 1.807) is 0 Å². The zero-order valence-electron chi connectivity index (χ0n) is 60.9. The van der Waals surface area contributed by atoms with Gasteiger partial charge in [0.1, 0.15) is 24.4 Å². The minimum absolute atomic E-state index is 0.131. The number of hydrogen-bond donors (Lipinski definition) is 6. The number of allylic oxidation sites excluding steroid dienone is 4. The Morgan fingerprint density at radius 1 is 0.374 bits per heavy atom. The van der Waals surface area contributed by atoms with Crippen LogP contribution in [0.3, 0.4) is 0 Å². The molecule has 0 bridgehead atoms. The van der Waals surface area contributed by atoms with Gasteiger partial charge < -0.3 is 40.3 Å². The Morgan fingerprint density at radius 3 is 0.945 bits per heavy atom. The van der Waals surface area contributed by atoms with Crippen LogP contribution in [-0.4, -0.2) is 87.5 Å². The summed E-state index contributed by atoms with van der Waals surface area (Å²) in [5.41, 5.74) is 0. The number of ether oxygens (including phenoxy) is 2. The second kappa shape index (κ2) is 71.4. The van der Waals surface area contributed by atoms with Crippen molar-refractivity contribution in [1.29, 1.82) is 0 Å². The van der Waals surface area contributed by atoms with Crippen LogP contribution in [0.4, 0.5) is 0 Å². The third-order valence-corrected chi connectivity index (χ3v) is 20.1. The molecule has 9 heteroatoms. The molecule has 1 saturated heterocycles. The van der Waals surface area contributed by atoms with E-state index in [-0.39, 0.29) is 12.5 Å². The van der Waals surface area contributed by atoms with Gasteiger partial charge >= 0.3 is 0 Å². The molecule has 540 valence electrons. The van der Waals surface area contributed by atoms with E-state index in [0.29, 0.717) is 12.8 Å². The van der Waals surface area contributed by atoms with Crippen molar-refractivity contribution in [2.45, 2.75) is 480 Å². The zero-order valence-corrected chi connectivity index (χ0v) is 60.9. The molecule has 0 aromatic carbocycles. The normalized spacial score (nSPS) is 17.7. The third-order valence-electron chi connectivity index (χ3n) is 20.1. The lowest BCUT2D eigenvalue weighted by molar-refractivity contribution is -0.302. The van der Waals surface area contributed by atoms with Crippen LogP contribution in [0, 0.1) is 0 Å². The molecule has 6 N–H and O–H groups in total. The Hall–Kier alpha value is -1.33. The van der Waals surface area contributed by atoms with Crippen molar-refractivity contribution in [3.63, 3.8) is 0 Å². The van der Waals surface area contributed by atoms with E-state index < -0.39 is 49.5 Å². The average molecular weight is 1290 g/mol. The van der Waals surface area contributed by atoms with Gasteiger partial charge in [0, 0.05) is 6.42 Å². The van der Waals surface area contributed by atoms with E-state index in [2.05, 4.69) is 43.5 Å². The van der Waals surface area contributed by atoms with Crippen LogP contribution in [0.5, 0.6) is 0 Å². The number of carbonyl (C=O) groups excluding carboxylic acids is 1. The molecule has 7 unspecified atom stereocenters. The molecule has 0 radical (unpaired) electrons. The molecule has 7 atom stereocenters. The van der Waals surface area contributed by atoms with Gasteiger partial charge in [-0.3, -0.25) is 4.79 Å². The summed E-state index contributed by atoms with van der Waals surface area (Å²) in [4.78, 5) is 13.2. The number of carbonyl (C=O) groups is 1. The summed E-state index contributed by atoms with van der Waals surface area (Å²) in [6, 6.07) is -0.718. The van der Waals surface area contributed by atoms with Crippen LogP contribution < -0.4 is 5.32 Å². The van der Waals surface area contributed by atoms with Crippen molar-refractivity contribution < 1.29 is 39.8 Å². The number of amides is 1. The van der Waals surface area contributed by atoms with E-state index in [0.717, 1.165) is 44.9 Å². The number of aliphatic hydroxyl groups excluding tert-OH is 5. The predicted octanol–water partition coefficient (Wildman–Crippen LogP) is 23.5. The van der Waals surface area contributed by atoms with Crippen LogP contribution in [0.1, 0.15) is 438 Å². The van der Waals surface area contributed by atoms with Gasteiger partial charge in [0.15, 0.2) is 6.29 Å². The quantitative estimate of drug-likeness (QED) is 0.0261. The largest absolute Gasteiger partial charge is 0.394 e. The minimum Gasteiger partial charge on any atom is -0.394 e. The van der Waals surface area contributed by atoms with Gasteiger partial charge in [0.05, 0.1) is 25.4 Å². The standard InChI is InChI=1S/C82H159NO8/c1-3-5-7-9-11-13-15-17-19-21-23-25-27-29-31-32-33-34-35-36-37-38-39-40-41-42-43-44-46-48-50-52-54-56-58-60-62-64-66-68-70-72-78(86)83-75(74-90-82-81(89)80(88)79(87)77(73-84)91-82)76(85)71-69-67-65-63-61-59-57-55-53-51-49-47-45-30-28-26-24-22-20-18-16-14-12-10-8-6-4-2/h15,17,21,23,75-77,79-82,84-85,87-89H,3-14,16,18-20,22,24-74H2,1-2H3,(H,83,86)/b17-15-,23-21-. The summed E-state index contributed by atoms with van der Waals surface area (Å²) in [6.07, 6.45) is 88.8. The lowest BCUT2D eigenvalue weighted by Gasteiger charge is -2.40. The molecule has 1 aliphatic rings. The Kier molecular flexibility index (Phi) is 68.8. The first-order valence-corrected chi connectivity index (χ1v) is 41.0. The zero-order chi connectivity index (χ0) is 65.7. The second-order valence-electron chi connectivity index (χ2n) is 28.9. The Balaban J connectivity index is 2.01. The fraction of sp³-hybridized carbons (Fsp3) is 0.939. The van der Waals surface area contributed by atoms with Crippen molar-refractivity contribution in [2.75, 3.05) is 13.2 Å². The summed E-state index contributed by atoms with van der Waals surface area (Å²) in [7, 11) is 0. The fourth-order valence-electron chi connectivity index (χ4n) is 13.7. The molecule has 0 aromatic rings. The number of unbranched alkanes of at least 4 members (excludes halogenated alkanes) is 60. The first-order chi connectivity index (χ1) is 44.8. The van der Waals surface area contributed by atoms with Crippen LogP contribution in [0.2, 0.25) is 0 Å². The molecule has 0 saturated carbocycles. The summed E-state index contributed by atoms with van der Waals surface area (Å²) in [6.45, 7) is 3.90. The van der Waals surface area contributed by atoms with Crippen LogP contribution in [0.15, 0.2) is 24.3 Å². The van der Waals surface area contributed by atoms with Gasteiger partial charge in [-0.25, -0.2) is 0 Å². The fourth-order valence-corrected chi connectivity index (χ4v) is 13.7. The molecule has 1 heterocycles. The van der Waals surface area contributed by atoms with Gasteiger partial charge in [0.25, 0.3) is 0 Å². The maximum Gasteiger partial charge on any atom is 0.220 e. The van der Waals surface area contributed by atoms with Gasteiger partial charge in [-0.15, -0.1) is 0 Å². The van der Waals surface area contributed by atoms with E-state index in [1.807, 2.05) is 0 Å². The molecular weight excluding hydrogens is 1130 g/mol. The Labute approximate surface area is 566 Å². The highest BCUT2D eigenvalue weighted by atomic mass is 16.7. The number of aliphatic hydroxyl groups is 5. The molecule has 1 fully saturated rings. The predicted molar refractivity (Wildman–Crippen MR) is 392 cm³/mol. The summed E-state index contributed by atoms with van der Waals surface area (Å²) < 4.78 is 11.4. The topological polar surface area (TPSA) is 149 Å². The third kappa shape index (κ3) is 59.7. The maximum atomic E-state index is 13.2. The number of hydrogen-bond acceptors (Lipinski definition) is 8. The molecular formula is C82H159NO8. The highest BCUT2D eigenvalue weighted by molar-refractivity contribution is 5.76. The summed E-state index contributed by atoms with van der Waals surface area (Å²) >= 11 is 0. The molecule has 1 amide bonds. The minimum atomic E-state index is -1.55. The first kappa shape index (κ1) is 87.7. The molecule has 0 aromatic heterocycles. The smallest absolute Gasteiger partial charge is 0.220 e. The highest BCUT2D eigenvalue weighted by Gasteiger charge is 2.44. The van der Waals surface area contributed by atoms with Gasteiger partial charge in [-0.05, 0) is 44.9 Å². The SMILES string of the molecule is CCCCCCC/C=C\C/C=C\CCCCCCCCCCCCCCCCCCCCCCCCCCCCCCCC(=O)NC(COC1OC(CO)C(O)C(O)C1O)C(O)CCCCCCCCCCCCCCCCCCCCCCCCCCCCC. The van der Waals surface area contributed by atoms with E-state index in [4.69, 9.17) is 9.47 Å². The van der Waals surface area contributed by atoms with Crippen molar-refractivity contribution in [3.05, 3.63) is 24.3 Å². The Morgan fingerprint density at radius 2 is 0.648 bits per heavy atom. The molecule has 0 spiro atoms. The highest BCUT2D eigenvalue weighted by Crippen LogP contribution is 2.24. The molecule has 1 aliphatic heterocycles. The molecule has 1 rings (SSSR count). The monoisotopic (exact) mass is 1290 g/mol. The maximum absolute atomic E-state index is 13.2. The van der Waals surface area contributed by atoms with Crippen molar-refractivity contribution >= 4 is 5.91 Å². The van der Waals surface area contributed by atoms with Crippen LogP contribution in [-0.2, 0) is 14.3 Å². The Bertz CT molecular complexity index is 1490. The molecule has 91 heavy (non-hydrogen) atoms. The lowest BCUT2D eigenvalue weighted by Crippen LogP contribution is -2.60. The van der Waals surface area contributed by atoms with Crippen molar-refractivity contribution in [3.8, 4) is 0 Å². The number of rotatable bonds is 74. The number of nitrogens with one attached hydrogen (secondary N) is 1. The molecule has 0 aliphatic carbocycles. The second-order valence-corrected chi connectivity index (χ2v) is 28.9. The van der Waals surface area contributed by atoms with E-state index >= 15 is 0 Å². The summed E-state index contributed by atoms with van der Waals surface area (Å²) in [5.74, 6) is -0.133. The van der Waals surface area contributed by atoms with Crippen LogP contribution in [0.25, 0.3) is 0 Å². The first-order valence-electron chi connectivity index (χ1n) is 41.0. The summed E-state index contributed by atoms with van der Waals surface area (Å²) in [5, 5.41) is 55.1. The molecule has 9 nitrogen and oxygen atoms in total. The lowest BCUT2D eigenvalue weighted by atomic mass is 9.99. The van der Waals surface area contributed by atoms with E-state index in [9.17, 15) is 30.3 Å². The van der Waals surface area contributed by atoms with Crippen molar-refractivity contribution in [2.24, 2.45) is 0 Å².